The van der Waals surface area contributed by atoms with Crippen molar-refractivity contribution >= 4 is 33.3 Å². The molecule has 0 bridgehead atoms. The van der Waals surface area contributed by atoms with Crippen LogP contribution in [0.3, 0.4) is 0 Å². The van der Waals surface area contributed by atoms with Gasteiger partial charge in [-0.3, -0.25) is 4.79 Å². The van der Waals surface area contributed by atoms with Crippen LogP contribution in [0.25, 0.3) is 0 Å². The van der Waals surface area contributed by atoms with E-state index in [-0.39, 0.29) is 11.6 Å². The van der Waals surface area contributed by atoms with Crippen molar-refractivity contribution in [3.05, 3.63) is 52.4 Å². The lowest BCUT2D eigenvalue weighted by Crippen LogP contribution is -2.13. The fourth-order valence-corrected chi connectivity index (χ4v) is 1.83. The number of anilines is 2. The number of pyridine rings is 1. The molecule has 2 N–H and O–H groups in total. The average Bonchev–Trinajstić information content (AvgIpc) is 2.42. The number of carbonyl (C=O) groups is 1. The lowest BCUT2D eigenvalue weighted by atomic mass is 10.2. The highest BCUT2D eigenvalue weighted by atomic mass is 79.9. The van der Waals surface area contributed by atoms with Crippen molar-refractivity contribution in [1.82, 2.24) is 4.98 Å². The molecule has 19 heavy (non-hydrogen) atoms. The Balaban J connectivity index is 2.20. The number of benzene rings is 1. The van der Waals surface area contributed by atoms with Gasteiger partial charge >= 0.3 is 0 Å². The molecule has 0 unspecified atom stereocenters. The fourth-order valence-electron chi connectivity index (χ4n) is 1.49. The van der Waals surface area contributed by atoms with E-state index in [2.05, 4.69) is 31.5 Å². The van der Waals surface area contributed by atoms with Crippen LogP contribution in [-0.2, 0) is 0 Å². The summed E-state index contributed by atoms with van der Waals surface area (Å²) in [6.45, 7) is 0. The summed E-state index contributed by atoms with van der Waals surface area (Å²) >= 11 is 3.16. The lowest BCUT2D eigenvalue weighted by Gasteiger charge is -2.07. The van der Waals surface area contributed by atoms with E-state index in [1.54, 1.807) is 25.2 Å². The number of aromatic nitrogens is 1. The molecule has 0 saturated carbocycles. The van der Waals surface area contributed by atoms with Gasteiger partial charge < -0.3 is 10.6 Å². The third-order valence-electron chi connectivity index (χ3n) is 2.46. The second-order valence-electron chi connectivity index (χ2n) is 3.76. The molecule has 0 radical (unpaired) electrons. The van der Waals surface area contributed by atoms with Gasteiger partial charge in [-0.1, -0.05) is 15.9 Å². The van der Waals surface area contributed by atoms with E-state index in [9.17, 15) is 9.18 Å². The molecule has 1 amide bonds. The molecule has 0 aliphatic rings. The first-order chi connectivity index (χ1) is 9.10. The highest BCUT2D eigenvalue weighted by Crippen LogP contribution is 2.20. The molecular weight excluding hydrogens is 313 g/mol. The van der Waals surface area contributed by atoms with Crippen molar-refractivity contribution in [1.29, 1.82) is 0 Å². The van der Waals surface area contributed by atoms with Gasteiger partial charge in [0.1, 0.15) is 11.6 Å². The summed E-state index contributed by atoms with van der Waals surface area (Å²) < 4.78 is 14.2. The second kappa shape index (κ2) is 5.79. The Kier molecular flexibility index (Phi) is 4.11. The lowest BCUT2D eigenvalue weighted by molar-refractivity contribution is 0.102. The van der Waals surface area contributed by atoms with Crippen molar-refractivity contribution in [2.24, 2.45) is 0 Å². The molecule has 1 aromatic carbocycles. The van der Waals surface area contributed by atoms with E-state index in [0.717, 1.165) is 0 Å². The van der Waals surface area contributed by atoms with Crippen LogP contribution in [-0.4, -0.2) is 17.9 Å². The van der Waals surface area contributed by atoms with E-state index in [1.807, 2.05) is 0 Å². The average molecular weight is 324 g/mol. The van der Waals surface area contributed by atoms with Crippen LogP contribution < -0.4 is 10.6 Å². The molecule has 4 nitrogen and oxygen atoms in total. The normalized spacial score (nSPS) is 10.1. The second-order valence-corrected chi connectivity index (χ2v) is 4.67. The molecular formula is C13H11BrFN3O. The quantitative estimate of drug-likeness (QED) is 0.911. The Bertz CT molecular complexity index is 619. The summed E-state index contributed by atoms with van der Waals surface area (Å²) in [7, 11) is 1.71. The van der Waals surface area contributed by atoms with Gasteiger partial charge in [0.2, 0.25) is 0 Å². The van der Waals surface area contributed by atoms with E-state index < -0.39 is 5.82 Å². The highest BCUT2D eigenvalue weighted by molar-refractivity contribution is 9.10. The molecule has 1 heterocycles. The SMILES string of the molecule is CNc1cc(C(=O)Nc2ccc(Br)cc2F)ccn1. The topological polar surface area (TPSA) is 54.0 Å². The number of amides is 1. The van der Waals surface area contributed by atoms with E-state index >= 15 is 0 Å². The maximum atomic E-state index is 13.6. The molecule has 0 aliphatic carbocycles. The minimum Gasteiger partial charge on any atom is -0.373 e. The summed E-state index contributed by atoms with van der Waals surface area (Å²) in [5.74, 6) is -0.310. The smallest absolute Gasteiger partial charge is 0.255 e. The molecule has 0 fully saturated rings. The zero-order valence-corrected chi connectivity index (χ0v) is 11.7. The van der Waals surface area contributed by atoms with Crippen molar-refractivity contribution in [3.63, 3.8) is 0 Å². The van der Waals surface area contributed by atoms with Gasteiger partial charge in [-0.15, -0.1) is 0 Å². The molecule has 6 heteroatoms. The Morgan fingerprint density at radius 2 is 2.11 bits per heavy atom. The van der Waals surface area contributed by atoms with Gasteiger partial charge in [-0.2, -0.15) is 0 Å². The van der Waals surface area contributed by atoms with Gasteiger partial charge in [0.15, 0.2) is 0 Å². The van der Waals surface area contributed by atoms with Crippen molar-refractivity contribution in [3.8, 4) is 0 Å². The number of nitrogens with zero attached hydrogens (tertiary/aromatic N) is 1. The van der Waals surface area contributed by atoms with E-state index in [1.165, 1.54) is 18.3 Å². The van der Waals surface area contributed by atoms with Crippen LogP contribution in [0.4, 0.5) is 15.9 Å². The molecule has 0 aliphatic heterocycles. The molecule has 1 aromatic heterocycles. The van der Waals surface area contributed by atoms with Crippen LogP contribution in [0.15, 0.2) is 41.0 Å². The molecule has 0 spiro atoms. The van der Waals surface area contributed by atoms with Crippen LogP contribution in [0, 0.1) is 5.82 Å². The number of hydrogen-bond acceptors (Lipinski definition) is 3. The van der Waals surface area contributed by atoms with Gasteiger partial charge in [0.25, 0.3) is 5.91 Å². The number of carbonyl (C=O) groups excluding carboxylic acids is 1. The minimum atomic E-state index is -0.495. The maximum absolute atomic E-state index is 13.6. The predicted octanol–water partition coefficient (Wildman–Crippen LogP) is 3.28. The van der Waals surface area contributed by atoms with Gasteiger partial charge in [0.05, 0.1) is 5.69 Å². The molecule has 2 aromatic rings. The first kappa shape index (κ1) is 13.5. The first-order valence-corrected chi connectivity index (χ1v) is 6.29. The van der Waals surface area contributed by atoms with Crippen LogP contribution in [0.1, 0.15) is 10.4 Å². The van der Waals surface area contributed by atoms with Gasteiger partial charge in [0, 0.05) is 23.3 Å². The number of rotatable bonds is 3. The highest BCUT2D eigenvalue weighted by Gasteiger charge is 2.10. The fraction of sp³-hybridized carbons (Fsp3) is 0.0769. The van der Waals surface area contributed by atoms with Crippen LogP contribution in [0.2, 0.25) is 0 Å². The van der Waals surface area contributed by atoms with Gasteiger partial charge in [-0.25, -0.2) is 9.37 Å². The van der Waals surface area contributed by atoms with Crippen LogP contribution in [0.5, 0.6) is 0 Å². The van der Waals surface area contributed by atoms with Crippen LogP contribution >= 0.6 is 15.9 Å². The monoisotopic (exact) mass is 323 g/mol. The maximum Gasteiger partial charge on any atom is 0.255 e. The Morgan fingerprint density at radius 3 is 2.79 bits per heavy atom. The third kappa shape index (κ3) is 3.29. The standard InChI is InChI=1S/C13H11BrFN3O/c1-16-12-6-8(4-5-17-12)13(19)18-11-3-2-9(14)7-10(11)15/h2-7H,1H3,(H,16,17)(H,18,19). The Labute approximate surface area is 118 Å². The first-order valence-electron chi connectivity index (χ1n) is 5.50. The predicted molar refractivity (Wildman–Crippen MR) is 75.8 cm³/mol. The molecule has 98 valence electrons. The zero-order valence-electron chi connectivity index (χ0n) is 10.1. The summed E-state index contributed by atoms with van der Waals surface area (Å²) in [6.07, 6.45) is 1.51. The minimum absolute atomic E-state index is 0.135. The van der Waals surface area contributed by atoms with Crippen molar-refractivity contribution in [2.45, 2.75) is 0 Å². The zero-order chi connectivity index (χ0) is 13.8. The van der Waals surface area contributed by atoms with E-state index in [4.69, 9.17) is 0 Å². The van der Waals surface area contributed by atoms with Crippen molar-refractivity contribution in [2.75, 3.05) is 17.7 Å². The number of nitrogens with one attached hydrogen (secondary N) is 2. The molecule has 0 saturated heterocycles. The molecule has 2 rings (SSSR count). The summed E-state index contributed by atoms with van der Waals surface area (Å²) in [4.78, 5) is 16.0. The Morgan fingerprint density at radius 1 is 1.32 bits per heavy atom. The largest absolute Gasteiger partial charge is 0.373 e. The summed E-state index contributed by atoms with van der Waals surface area (Å²) in [5.41, 5.74) is 0.540. The number of hydrogen-bond donors (Lipinski definition) is 2. The number of halogens is 2. The van der Waals surface area contributed by atoms with Crippen molar-refractivity contribution < 1.29 is 9.18 Å². The molecule has 0 atom stereocenters. The summed E-state index contributed by atoms with van der Waals surface area (Å²) in [5, 5.41) is 5.35. The van der Waals surface area contributed by atoms with E-state index in [0.29, 0.717) is 15.9 Å². The Hall–Kier alpha value is -1.95. The summed E-state index contributed by atoms with van der Waals surface area (Å²) in [6, 6.07) is 7.60. The van der Waals surface area contributed by atoms with Gasteiger partial charge in [-0.05, 0) is 30.3 Å². The third-order valence-corrected chi connectivity index (χ3v) is 2.95.